The number of nitrogens with one attached hydrogen (secondary N) is 2. The molecule has 2 aromatic heterocycles. The molecule has 1 aliphatic carbocycles. The fourth-order valence-corrected chi connectivity index (χ4v) is 6.00. The molecule has 5 nitrogen and oxygen atoms in total. The molecule has 1 amide bonds. The summed E-state index contributed by atoms with van der Waals surface area (Å²) in [5.74, 6) is -1.97. The van der Waals surface area contributed by atoms with Crippen molar-refractivity contribution in [2.24, 2.45) is 0 Å². The minimum atomic E-state index is -0.695. The van der Waals surface area contributed by atoms with Gasteiger partial charge in [0.2, 0.25) is 5.95 Å². The Labute approximate surface area is 234 Å². The minimum Gasteiger partial charge on any atom is -0.496 e. The van der Waals surface area contributed by atoms with E-state index in [1.165, 1.54) is 51.5 Å². The topological polar surface area (TPSA) is 63.2 Å². The van der Waals surface area contributed by atoms with E-state index in [1.54, 1.807) is 24.3 Å². The van der Waals surface area contributed by atoms with Gasteiger partial charge in [0.1, 0.15) is 22.3 Å². The Morgan fingerprint density at radius 2 is 1.77 bits per heavy atom. The zero-order valence-electron chi connectivity index (χ0n) is 21.6. The molecule has 206 valence electrons. The first-order valence-corrected chi connectivity index (χ1v) is 13.8. The number of aromatic nitrogens is 1. The van der Waals surface area contributed by atoms with Crippen molar-refractivity contribution in [2.75, 3.05) is 14.2 Å². The Balaban J connectivity index is 0.000000379. The lowest BCUT2D eigenvalue weighted by Crippen LogP contribution is -2.26. The van der Waals surface area contributed by atoms with Gasteiger partial charge < -0.3 is 15.4 Å². The number of nitrogens with zero attached hydrogens (tertiary/aromatic N) is 1. The molecule has 1 saturated carbocycles. The van der Waals surface area contributed by atoms with Crippen LogP contribution in [0.15, 0.2) is 48.7 Å². The van der Waals surface area contributed by atoms with Gasteiger partial charge in [-0.25, -0.2) is 13.8 Å². The lowest BCUT2D eigenvalue weighted by Gasteiger charge is -2.20. The highest BCUT2D eigenvalue weighted by atomic mass is 35.5. The second-order valence-electron chi connectivity index (χ2n) is 9.18. The molecule has 0 spiro atoms. The number of thiophene rings is 1. The number of amides is 1. The van der Waals surface area contributed by atoms with Crippen LogP contribution in [-0.4, -0.2) is 31.1 Å². The van der Waals surface area contributed by atoms with Crippen molar-refractivity contribution in [2.45, 2.75) is 44.7 Å². The quantitative estimate of drug-likeness (QED) is 0.234. The van der Waals surface area contributed by atoms with Crippen molar-refractivity contribution in [3.63, 3.8) is 0 Å². The van der Waals surface area contributed by atoms with Crippen molar-refractivity contribution >= 4 is 38.9 Å². The normalized spacial score (nSPS) is 13.6. The molecule has 0 aliphatic heterocycles. The minimum absolute atomic E-state index is 0.0125. The number of hydrogen-bond acceptors (Lipinski definition) is 5. The maximum Gasteiger partial charge on any atom is 0.263 e. The van der Waals surface area contributed by atoms with Gasteiger partial charge in [-0.1, -0.05) is 36.9 Å². The SMILES string of the molecule is CNC1CCCCC1.COc1ccc(-c2ccc(F)nc2)cc1CNC(=O)c1sc2c(F)ccc(F)c2c1Cl. The van der Waals surface area contributed by atoms with Gasteiger partial charge >= 0.3 is 0 Å². The zero-order chi connectivity index (χ0) is 27.9. The fourth-order valence-electron chi connectivity index (χ4n) is 4.53. The summed E-state index contributed by atoms with van der Waals surface area (Å²) in [6.07, 6.45) is 8.53. The average molecular weight is 576 g/mol. The Morgan fingerprint density at radius 1 is 1.05 bits per heavy atom. The first-order valence-electron chi connectivity index (χ1n) is 12.6. The van der Waals surface area contributed by atoms with Gasteiger partial charge in [-0.2, -0.15) is 4.39 Å². The van der Waals surface area contributed by atoms with Crippen LogP contribution in [0, 0.1) is 17.6 Å². The molecule has 1 aliphatic rings. The molecular weight excluding hydrogens is 547 g/mol. The molecule has 0 atom stereocenters. The van der Waals surface area contributed by atoms with Crippen LogP contribution < -0.4 is 15.4 Å². The van der Waals surface area contributed by atoms with Crippen molar-refractivity contribution in [3.8, 4) is 16.9 Å². The number of carbonyl (C=O) groups is 1. The van der Waals surface area contributed by atoms with E-state index in [9.17, 15) is 18.0 Å². The van der Waals surface area contributed by atoms with E-state index in [0.717, 1.165) is 35.1 Å². The number of carbonyl (C=O) groups excluding carboxylic acids is 1. The molecule has 2 N–H and O–H groups in total. The summed E-state index contributed by atoms with van der Waals surface area (Å²) in [6, 6.07) is 10.9. The molecule has 2 aromatic carbocycles. The summed E-state index contributed by atoms with van der Waals surface area (Å²) in [5, 5.41) is 5.77. The van der Waals surface area contributed by atoms with Gasteiger partial charge in [-0.05, 0) is 61.9 Å². The molecule has 10 heteroatoms. The monoisotopic (exact) mass is 575 g/mol. The number of hydrogen-bond donors (Lipinski definition) is 2. The number of ether oxygens (including phenoxy) is 1. The van der Waals surface area contributed by atoms with E-state index in [2.05, 4.69) is 22.7 Å². The smallest absolute Gasteiger partial charge is 0.263 e. The van der Waals surface area contributed by atoms with Crippen molar-refractivity contribution < 1.29 is 22.7 Å². The predicted molar refractivity (Wildman–Crippen MR) is 150 cm³/mol. The number of methoxy groups -OCH3 is 1. The lowest BCUT2D eigenvalue weighted by molar-refractivity contribution is 0.0955. The van der Waals surface area contributed by atoms with Crippen LogP contribution in [0.3, 0.4) is 0 Å². The van der Waals surface area contributed by atoms with Crippen LogP contribution in [-0.2, 0) is 6.54 Å². The number of pyridine rings is 1. The van der Waals surface area contributed by atoms with Gasteiger partial charge in [0.25, 0.3) is 5.91 Å². The van der Waals surface area contributed by atoms with Gasteiger partial charge in [0.15, 0.2) is 0 Å². The molecule has 5 rings (SSSR count). The van der Waals surface area contributed by atoms with E-state index in [1.807, 2.05) is 0 Å². The lowest BCUT2D eigenvalue weighted by atomic mass is 9.96. The van der Waals surface area contributed by atoms with Gasteiger partial charge in [0, 0.05) is 29.9 Å². The summed E-state index contributed by atoms with van der Waals surface area (Å²) < 4.78 is 46.5. The summed E-state index contributed by atoms with van der Waals surface area (Å²) in [7, 11) is 3.56. The summed E-state index contributed by atoms with van der Waals surface area (Å²) in [5.41, 5.74) is 2.09. The highest BCUT2D eigenvalue weighted by Gasteiger charge is 2.22. The Hall–Kier alpha value is -3.14. The van der Waals surface area contributed by atoms with Gasteiger partial charge in [0.05, 0.1) is 22.2 Å². The van der Waals surface area contributed by atoms with Crippen LogP contribution in [0.25, 0.3) is 21.2 Å². The maximum absolute atomic E-state index is 14.1. The molecule has 0 radical (unpaired) electrons. The van der Waals surface area contributed by atoms with Crippen LogP contribution in [0.5, 0.6) is 5.75 Å². The molecule has 0 bridgehead atoms. The Kier molecular flexibility index (Phi) is 9.83. The van der Waals surface area contributed by atoms with Gasteiger partial charge in [-0.3, -0.25) is 4.79 Å². The first kappa shape index (κ1) is 28.9. The average Bonchev–Trinajstić information content (AvgIpc) is 3.33. The van der Waals surface area contributed by atoms with Crippen LogP contribution in [0.2, 0.25) is 5.02 Å². The maximum atomic E-state index is 14.1. The van der Waals surface area contributed by atoms with E-state index in [-0.39, 0.29) is 26.5 Å². The number of fused-ring (bicyclic) bond motifs is 1. The molecule has 1 fully saturated rings. The number of halogens is 4. The van der Waals surface area contributed by atoms with Crippen LogP contribution in [0.4, 0.5) is 13.2 Å². The fraction of sp³-hybridized carbons (Fsp3) is 0.310. The van der Waals surface area contributed by atoms with Crippen molar-refractivity contribution in [1.29, 1.82) is 0 Å². The predicted octanol–water partition coefficient (Wildman–Crippen LogP) is 7.51. The van der Waals surface area contributed by atoms with Gasteiger partial charge in [-0.15, -0.1) is 11.3 Å². The summed E-state index contributed by atoms with van der Waals surface area (Å²) in [4.78, 5) is 16.4. The number of rotatable bonds is 6. The highest BCUT2D eigenvalue weighted by molar-refractivity contribution is 7.21. The van der Waals surface area contributed by atoms with E-state index < -0.39 is 23.5 Å². The molecule has 4 aromatic rings. The van der Waals surface area contributed by atoms with Crippen LogP contribution >= 0.6 is 22.9 Å². The highest BCUT2D eigenvalue weighted by Crippen LogP contribution is 2.38. The Morgan fingerprint density at radius 3 is 2.38 bits per heavy atom. The molecule has 39 heavy (non-hydrogen) atoms. The van der Waals surface area contributed by atoms with Crippen molar-refractivity contribution in [1.82, 2.24) is 15.6 Å². The molecule has 2 heterocycles. The summed E-state index contributed by atoms with van der Waals surface area (Å²) in [6.45, 7) is 0.0695. The Bertz CT molecular complexity index is 1440. The largest absolute Gasteiger partial charge is 0.496 e. The van der Waals surface area contributed by atoms with E-state index in [0.29, 0.717) is 16.9 Å². The van der Waals surface area contributed by atoms with Crippen molar-refractivity contribution in [3.05, 3.63) is 81.7 Å². The zero-order valence-corrected chi connectivity index (χ0v) is 23.2. The standard InChI is InChI=1S/C22H14ClF3N2O2S.C7H15N/c1-30-16-6-2-11(12-3-7-17(26)27-9-12)8-13(16)10-28-22(29)21-19(23)18-14(24)4-5-15(25)20(18)31-21;1-8-7-5-3-2-4-6-7/h2-9H,10H2,1H3,(H,28,29);7-8H,2-6H2,1H3. The molecule has 0 unspecified atom stereocenters. The molecular formula is C29H29ClF3N3O2S. The second-order valence-corrected chi connectivity index (χ2v) is 10.6. The third-order valence-corrected chi connectivity index (χ3v) is 8.37. The van der Waals surface area contributed by atoms with Crippen LogP contribution in [0.1, 0.15) is 47.3 Å². The molecule has 0 saturated heterocycles. The van der Waals surface area contributed by atoms with E-state index in [4.69, 9.17) is 16.3 Å². The summed E-state index contributed by atoms with van der Waals surface area (Å²) >= 11 is 6.95. The second kappa shape index (κ2) is 13.3. The third-order valence-electron chi connectivity index (χ3n) is 6.68. The first-order chi connectivity index (χ1) is 18.8. The van der Waals surface area contributed by atoms with E-state index >= 15 is 0 Å². The number of benzene rings is 2. The third kappa shape index (κ3) is 6.90.